The first kappa shape index (κ1) is 30.9. The summed E-state index contributed by atoms with van der Waals surface area (Å²) in [6, 6.07) is 10.1. The monoisotopic (exact) mass is 595 g/mol. The van der Waals surface area contributed by atoms with E-state index in [1.165, 1.54) is 28.8 Å². The molecule has 0 saturated carbocycles. The van der Waals surface area contributed by atoms with Crippen molar-refractivity contribution in [2.24, 2.45) is 5.73 Å². The number of fused-ring (bicyclic) bond motifs is 1. The van der Waals surface area contributed by atoms with Gasteiger partial charge in [0.15, 0.2) is 0 Å². The quantitative estimate of drug-likeness (QED) is 0.173. The van der Waals surface area contributed by atoms with E-state index in [-0.39, 0.29) is 25.0 Å². The van der Waals surface area contributed by atoms with Gasteiger partial charge in [-0.1, -0.05) is 30.3 Å². The van der Waals surface area contributed by atoms with Gasteiger partial charge in [0.05, 0.1) is 6.04 Å². The van der Waals surface area contributed by atoms with Crippen molar-refractivity contribution in [1.82, 2.24) is 20.5 Å². The molecule has 4 rings (SSSR count). The highest BCUT2D eigenvalue weighted by Crippen LogP contribution is 2.22. The molecule has 0 radical (unpaired) electrons. The maximum atomic E-state index is 13.9. The summed E-state index contributed by atoms with van der Waals surface area (Å²) in [5.41, 5.74) is 8.81. The first-order valence-corrected chi connectivity index (χ1v) is 15.3. The van der Waals surface area contributed by atoms with Crippen LogP contribution >= 0.6 is 11.8 Å². The van der Waals surface area contributed by atoms with Crippen LogP contribution in [0.1, 0.15) is 30.4 Å². The van der Waals surface area contributed by atoms with Crippen molar-refractivity contribution in [1.29, 1.82) is 0 Å². The second-order valence-corrected chi connectivity index (χ2v) is 11.5. The van der Waals surface area contributed by atoms with E-state index in [0.717, 1.165) is 16.5 Å². The molecule has 11 nitrogen and oxygen atoms in total. The molecule has 3 amide bonds. The minimum Gasteiger partial charge on any atom is -0.508 e. The Bertz CT molecular complexity index is 1410. The zero-order chi connectivity index (χ0) is 30.2. The summed E-state index contributed by atoms with van der Waals surface area (Å²) in [5.74, 6) is -2.00. The number of phenolic OH excluding ortho intramolecular Hbond substituents is 1. The van der Waals surface area contributed by atoms with E-state index in [4.69, 9.17) is 5.73 Å². The van der Waals surface area contributed by atoms with Crippen LogP contribution in [0.2, 0.25) is 0 Å². The van der Waals surface area contributed by atoms with Crippen LogP contribution in [0.15, 0.2) is 54.7 Å². The van der Waals surface area contributed by atoms with Crippen molar-refractivity contribution in [3.8, 4) is 5.75 Å². The molecule has 4 unspecified atom stereocenters. The average Bonchev–Trinajstić information content (AvgIpc) is 3.63. The highest BCUT2D eigenvalue weighted by Gasteiger charge is 2.39. The number of benzene rings is 2. The van der Waals surface area contributed by atoms with Crippen LogP contribution in [0.25, 0.3) is 10.9 Å². The number of H-pyrrole nitrogens is 1. The van der Waals surface area contributed by atoms with Gasteiger partial charge in [0.25, 0.3) is 0 Å². The zero-order valence-corrected chi connectivity index (χ0v) is 24.2. The molecule has 12 heteroatoms. The lowest BCUT2D eigenvalue weighted by atomic mass is 10.0. The number of rotatable bonds is 13. The van der Waals surface area contributed by atoms with Crippen molar-refractivity contribution in [2.45, 2.75) is 56.3 Å². The number of aliphatic carboxylic acids is 1. The maximum absolute atomic E-state index is 13.9. The molecule has 1 aromatic heterocycles. The van der Waals surface area contributed by atoms with Gasteiger partial charge in [-0.3, -0.25) is 14.4 Å². The van der Waals surface area contributed by atoms with Crippen molar-refractivity contribution >= 4 is 46.4 Å². The third-order valence-corrected chi connectivity index (χ3v) is 8.15. The lowest BCUT2D eigenvalue weighted by molar-refractivity contribution is -0.145. The molecular formula is C30H37N5O6S. The highest BCUT2D eigenvalue weighted by molar-refractivity contribution is 7.98. The van der Waals surface area contributed by atoms with Gasteiger partial charge in [-0.05, 0) is 67.0 Å². The van der Waals surface area contributed by atoms with E-state index in [1.807, 2.05) is 36.7 Å². The van der Waals surface area contributed by atoms with Gasteiger partial charge in [-0.15, -0.1) is 0 Å². The summed E-state index contributed by atoms with van der Waals surface area (Å²) < 4.78 is 0. The SMILES string of the molecule is CSCCC(NC(=O)C1CCCN1C(=O)C(Cc1ccc(O)cc1)NC(=O)C(N)Cc1c[nH]c2ccccc12)C(=O)O. The maximum Gasteiger partial charge on any atom is 0.326 e. The van der Waals surface area contributed by atoms with Crippen LogP contribution in [0.4, 0.5) is 0 Å². The standard InChI is InChI=1S/C30H37N5O6S/c1-42-14-12-24(30(40)41)33-28(38)26-7-4-13-35(26)29(39)25(15-18-8-10-20(36)11-9-18)34-27(37)22(31)16-19-17-32-23-6-3-2-5-21(19)23/h2-3,5-6,8-11,17,22,24-26,32,36H,4,7,12-16,31H2,1H3,(H,33,38)(H,34,37)(H,40,41). The number of hydrogen-bond acceptors (Lipinski definition) is 7. The number of para-hydroxylation sites is 1. The summed E-state index contributed by atoms with van der Waals surface area (Å²) in [4.78, 5) is 56.6. The van der Waals surface area contributed by atoms with Gasteiger partial charge < -0.3 is 36.5 Å². The fourth-order valence-corrected chi connectivity index (χ4v) is 5.71. The number of aromatic amines is 1. The van der Waals surface area contributed by atoms with Crippen molar-refractivity contribution in [2.75, 3.05) is 18.6 Å². The highest BCUT2D eigenvalue weighted by atomic mass is 32.2. The number of thioether (sulfide) groups is 1. The summed E-state index contributed by atoms with van der Waals surface area (Å²) in [7, 11) is 0. The second-order valence-electron chi connectivity index (χ2n) is 10.5. The van der Waals surface area contributed by atoms with E-state index in [0.29, 0.717) is 30.7 Å². The molecule has 7 N–H and O–H groups in total. The molecule has 1 aliphatic heterocycles. The molecule has 0 bridgehead atoms. The molecular weight excluding hydrogens is 558 g/mol. The van der Waals surface area contributed by atoms with Gasteiger partial charge in [-0.2, -0.15) is 11.8 Å². The van der Waals surface area contributed by atoms with E-state index >= 15 is 0 Å². The third kappa shape index (κ3) is 7.62. The Labute approximate surface area is 248 Å². The molecule has 1 saturated heterocycles. The van der Waals surface area contributed by atoms with Gasteiger partial charge in [0, 0.05) is 30.1 Å². The molecule has 2 aromatic carbocycles. The molecule has 224 valence electrons. The van der Waals surface area contributed by atoms with Gasteiger partial charge in [0.1, 0.15) is 23.9 Å². The normalized spacial score (nSPS) is 17.0. The van der Waals surface area contributed by atoms with E-state index in [9.17, 15) is 29.4 Å². The number of carbonyl (C=O) groups excluding carboxylic acids is 3. The first-order valence-electron chi connectivity index (χ1n) is 13.9. The number of amides is 3. The van der Waals surface area contributed by atoms with Crippen LogP contribution < -0.4 is 16.4 Å². The average molecular weight is 596 g/mol. The Balaban J connectivity index is 1.50. The second kappa shape index (κ2) is 14.2. The lowest BCUT2D eigenvalue weighted by Gasteiger charge is -2.30. The fourth-order valence-electron chi connectivity index (χ4n) is 5.24. The molecule has 2 heterocycles. The van der Waals surface area contributed by atoms with E-state index in [1.54, 1.807) is 12.1 Å². The molecule has 42 heavy (non-hydrogen) atoms. The summed E-state index contributed by atoms with van der Waals surface area (Å²) >= 11 is 1.48. The van der Waals surface area contributed by atoms with Crippen LogP contribution in [0.5, 0.6) is 5.75 Å². The number of hydrogen-bond donors (Lipinski definition) is 6. The number of aromatic nitrogens is 1. The van der Waals surface area contributed by atoms with Crippen LogP contribution in [-0.4, -0.2) is 86.5 Å². The molecule has 0 spiro atoms. The Morgan fingerprint density at radius 2 is 1.81 bits per heavy atom. The van der Waals surface area contributed by atoms with Crippen LogP contribution in [0.3, 0.4) is 0 Å². The Morgan fingerprint density at radius 3 is 2.52 bits per heavy atom. The largest absolute Gasteiger partial charge is 0.508 e. The zero-order valence-electron chi connectivity index (χ0n) is 23.4. The molecule has 1 aliphatic rings. The Morgan fingerprint density at radius 1 is 1.07 bits per heavy atom. The molecule has 3 aromatic rings. The molecule has 0 aliphatic carbocycles. The third-order valence-electron chi connectivity index (χ3n) is 7.51. The van der Waals surface area contributed by atoms with Crippen molar-refractivity contribution < 1.29 is 29.4 Å². The number of nitrogens with two attached hydrogens (primary N) is 1. The predicted molar refractivity (Wildman–Crippen MR) is 161 cm³/mol. The number of carboxylic acids is 1. The van der Waals surface area contributed by atoms with Gasteiger partial charge >= 0.3 is 5.97 Å². The number of carboxylic acid groups (broad SMARTS) is 1. The topological polar surface area (TPSA) is 178 Å². The smallest absolute Gasteiger partial charge is 0.326 e. The van der Waals surface area contributed by atoms with Gasteiger partial charge in [0.2, 0.25) is 17.7 Å². The molecule has 4 atom stereocenters. The first-order chi connectivity index (χ1) is 20.2. The number of likely N-dealkylation sites (tertiary alicyclic amines) is 1. The minimum atomic E-state index is -1.13. The van der Waals surface area contributed by atoms with Crippen molar-refractivity contribution in [3.05, 3.63) is 65.9 Å². The summed E-state index contributed by atoms with van der Waals surface area (Å²) in [6.45, 7) is 0.294. The van der Waals surface area contributed by atoms with Crippen LogP contribution in [-0.2, 0) is 32.0 Å². The predicted octanol–water partition coefficient (Wildman–Crippen LogP) is 1.78. The van der Waals surface area contributed by atoms with Crippen molar-refractivity contribution in [3.63, 3.8) is 0 Å². The van der Waals surface area contributed by atoms with Crippen LogP contribution in [0, 0.1) is 0 Å². The number of carbonyl (C=O) groups is 4. The lowest BCUT2D eigenvalue weighted by Crippen LogP contribution is -2.57. The Kier molecular flexibility index (Phi) is 10.5. The van der Waals surface area contributed by atoms with E-state index < -0.39 is 47.9 Å². The number of nitrogens with zero attached hydrogens (tertiary/aromatic N) is 1. The van der Waals surface area contributed by atoms with Gasteiger partial charge in [-0.25, -0.2) is 4.79 Å². The molecule has 1 fully saturated rings. The number of nitrogens with one attached hydrogen (secondary N) is 3. The Hall–Kier alpha value is -4.03. The van der Waals surface area contributed by atoms with E-state index in [2.05, 4.69) is 15.6 Å². The number of aromatic hydroxyl groups is 1. The minimum absolute atomic E-state index is 0.0668. The number of phenols is 1. The summed E-state index contributed by atoms with van der Waals surface area (Å²) in [6.07, 6.45) is 5.23. The summed E-state index contributed by atoms with van der Waals surface area (Å²) in [5, 5.41) is 25.6. The fraction of sp³-hybridized carbons (Fsp3) is 0.400.